The number of nitrogens with zero attached hydrogens (tertiary/aromatic N) is 2. The zero-order valence-corrected chi connectivity index (χ0v) is 21.2. The molecule has 2 heterocycles. The molecule has 1 aliphatic heterocycles. The summed E-state index contributed by atoms with van der Waals surface area (Å²) in [6.07, 6.45) is 3.91. The summed E-state index contributed by atoms with van der Waals surface area (Å²) in [4.78, 5) is 57.1. The number of aromatic nitrogens is 1. The molecule has 3 aliphatic rings. The first-order valence-electron chi connectivity index (χ1n) is 13.1. The highest BCUT2D eigenvalue weighted by Gasteiger charge is 2.58. The lowest BCUT2D eigenvalue weighted by Crippen LogP contribution is -2.47. The number of rotatable bonds is 7. The first-order valence-corrected chi connectivity index (χ1v) is 13.1. The number of imide groups is 1. The standard InChI is InChI=1S/C30H29N3O5/c1-19(21-7-8-21)32(17-20-5-3-2-4-6-20)27(35)18-33-28(36)30(38-29(33)37)14-13-23-15-22(9-11-25(23)30)24-10-12-26(34)31-16-24/h2-6,9-12,15-16,19,21H,7-8,13-14,17-18H2,1H3,(H,31,34)/t19-,30?/m0/s1. The fraction of sp³-hybridized carbons (Fsp3) is 0.333. The molecule has 2 atom stereocenters. The summed E-state index contributed by atoms with van der Waals surface area (Å²) in [6.45, 7) is 2.13. The molecule has 3 aromatic rings. The summed E-state index contributed by atoms with van der Waals surface area (Å²) in [6, 6.07) is 18.6. The monoisotopic (exact) mass is 511 g/mol. The lowest BCUT2D eigenvalue weighted by atomic mass is 9.93. The fourth-order valence-electron chi connectivity index (χ4n) is 5.72. The summed E-state index contributed by atoms with van der Waals surface area (Å²) < 4.78 is 5.76. The minimum atomic E-state index is -1.40. The molecule has 8 heteroatoms. The van der Waals surface area contributed by atoms with Crippen molar-refractivity contribution in [3.8, 4) is 11.1 Å². The maximum Gasteiger partial charge on any atom is 0.418 e. The third kappa shape index (κ3) is 4.20. The second-order valence-corrected chi connectivity index (χ2v) is 10.5. The average Bonchev–Trinajstić information content (AvgIpc) is 3.68. The first-order chi connectivity index (χ1) is 18.4. The van der Waals surface area contributed by atoms with Crippen molar-refractivity contribution in [1.82, 2.24) is 14.8 Å². The predicted molar refractivity (Wildman–Crippen MR) is 140 cm³/mol. The van der Waals surface area contributed by atoms with Gasteiger partial charge in [0.15, 0.2) is 0 Å². The van der Waals surface area contributed by atoms with Gasteiger partial charge in [0.05, 0.1) is 0 Å². The van der Waals surface area contributed by atoms with Gasteiger partial charge in [-0.1, -0.05) is 48.5 Å². The molecular weight excluding hydrogens is 482 g/mol. The third-order valence-electron chi connectivity index (χ3n) is 8.08. The van der Waals surface area contributed by atoms with Crippen LogP contribution in [0, 0.1) is 5.92 Å². The van der Waals surface area contributed by atoms with Gasteiger partial charge in [-0.2, -0.15) is 0 Å². The van der Waals surface area contributed by atoms with E-state index in [4.69, 9.17) is 4.74 Å². The lowest BCUT2D eigenvalue weighted by molar-refractivity contribution is -0.143. The van der Waals surface area contributed by atoms with Gasteiger partial charge in [0, 0.05) is 36.8 Å². The normalized spacial score (nSPS) is 20.9. The number of carbonyl (C=O) groups is 3. The van der Waals surface area contributed by atoms with Crippen molar-refractivity contribution in [1.29, 1.82) is 0 Å². The summed E-state index contributed by atoms with van der Waals surface area (Å²) in [5.74, 6) is -0.305. The zero-order valence-electron chi connectivity index (χ0n) is 21.2. The highest BCUT2D eigenvalue weighted by atomic mass is 16.6. The maximum absolute atomic E-state index is 13.7. The molecule has 194 valence electrons. The van der Waals surface area contributed by atoms with Crippen LogP contribution in [0.5, 0.6) is 0 Å². The van der Waals surface area contributed by atoms with Crippen LogP contribution in [0.25, 0.3) is 11.1 Å². The van der Waals surface area contributed by atoms with Crippen molar-refractivity contribution >= 4 is 17.9 Å². The summed E-state index contributed by atoms with van der Waals surface area (Å²) in [7, 11) is 0. The van der Waals surface area contributed by atoms with Gasteiger partial charge in [-0.3, -0.25) is 14.4 Å². The van der Waals surface area contributed by atoms with Crippen LogP contribution in [0.4, 0.5) is 4.79 Å². The van der Waals surface area contributed by atoms with E-state index in [1.165, 1.54) is 6.07 Å². The number of hydrogen-bond donors (Lipinski definition) is 1. The van der Waals surface area contributed by atoms with Gasteiger partial charge in [0.25, 0.3) is 5.91 Å². The van der Waals surface area contributed by atoms with Crippen molar-refractivity contribution < 1.29 is 19.1 Å². The number of carbonyl (C=O) groups excluding carboxylic acids is 3. The van der Waals surface area contributed by atoms with Crippen LogP contribution in [0.15, 0.2) is 71.7 Å². The fourth-order valence-corrected chi connectivity index (χ4v) is 5.72. The molecule has 1 saturated heterocycles. The maximum atomic E-state index is 13.7. The van der Waals surface area contributed by atoms with E-state index in [1.807, 2.05) is 55.5 Å². The molecule has 1 unspecified atom stereocenters. The lowest BCUT2D eigenvalue weighted by Gasteiger charge is -2.30. The highest BCUT2D eigenvalue weighted by molar-refractivity contribution is 6.06. The van der Waals surface area contributed by atoms with E-state index in [0.717, 1.165) is 40.0 Å². The highest BCUT2D eigenvalue weighted by Crippen LogP contribution is 2.46. The number of fused-ring (bicyclic) bond motifs is 2. The minimum absolute atomic E-state index is 0.0175. The van der Waals surface area contributed by atoms with Crippen LogP contribution in [-0.2, 0) is 32.9 Å². The molecule has 8 nitrogen and oxygen atoms in total. The quantitative estimate of drug-likeness (QED) is 0.517. The molecule has 1 aromatic heterocycles. The van der Waals surface area contributed by atoms with Gasteiger partial charge in [-0.05, 0) is 60.4 Å². The van der Waals surface area contributed by atoms with E-state index < -0.39 is 17.6 Å². The molecule has 0 radical (unpaired) electrons. The van der Waals surface area contributed by atoms with Gasteiger partial charge >= 0.3 is 6.09 Å². The molecule has 2 aliphatic carbocycles. The van der Waals surface area contributed by atoms with E-state index in [2.05, 4.69) is 4.98 Å². The Labute approximate surface area is 220 Å². The van der Waals surface area contributed by atoms with Crippen LogP contribution < -0.4 is 5.56 Å². The average molecular weight is 512 g/mol. The number of pyridine rings is 1. The molecule has 3 amide bonds. The van der Waals surface area contributed by atoms with E-state index in [-0.39, 0.29) is 24.1 Å². The van der Waals surface area contributed by atoms with Gasteiger partial charge in [-0.25, -0.2) is 9.69 Å². The second kappa shape index (κ2) is 9.28. The Morgan fingerprint density at radius 2 is 1.84 bits per heavy atom. The van der Waals surface area contributed by atoms with Crippen molar-refractivity contribution in [3.63, 3.8) is 0 Å². The third-order valence-corrected chi connectivity index (χ3v) is 8.08. The van der Waals surface area contributed by atoms with Crippen LogP contribution in [0.1, 0.15) is 42.9 Å². The Kier molecular flexibility index (Phi) is 5.90. The van der Waals surface area contributed by atoms with Crippen molar-refractivity contribution in [2.45, 2.75) is 50.8 Å². The summed E-state index contributed by atoms with van der Waals surface area (Å²) in [5.41, 5.74) is 2.74. The van der Waals surface area contributed by atoms with E-state index >= 15 is 0 Å². The summed E-state index contributed by atoms with van der Waals surface area (Å²) >= 11 is 0. The Morgan fingerprint density at radius 1 is 1.08 bits per heavy atom. The topological polar surface area (TPSA) is 99.8 Å². The molecule has 0 bridgehead atoms. The van der Waals surface area contributed by atoms with E-state index in [9.17, 15) is 19.2 Å². The Morgan fingerprint density at radius 3 is 2.55 bits per heavy atom. The number of nitrogens with one attached hydrogen (secondary N) is 1. The number of aromatic amines is 1. The predicted octanol–water partition coefficient (Wildman–Crippen LogP) is 3.99. The largest absolute Gasteiger partial charge is 0.427 e. The molecule has 2 aromatic carbocycles. The van der Waals surface area contributed by atoms with E-state index in [0.29, 0.717) is 30.9 Å². The second-order valence-electron chi connectivity index (χ2n) is 10.5. The molecular formula is C30H29N3O5. The smallest absolute Gasteiger partial charge is 0.418 e. The van der Waals surface area contributed by atoms with Crippen molar-refractivity contribution in [2.75, 3.05) is 6.54 Å². The summed E-state index contributed by atoms with van der Waals surface area (Å²) in [5, 5.41) is 0. The van der Waals surface area contributed by atoms with Gasteiger partial charge in [0.1, 0.15) is 6.54 Å². The number of H-pyrrole nitrogens is 1. The Balaban J connectivity index is 1.23. The number of hydrogen-bond acceptors (Lipinski definition) is 5. The minimum Gasteiger partial charge on any atom is -0.427 e. The van der Waals surface area contributed by atoms with Gasteiger partial charge in [0.2, 0.25) is 17.1 Å². The van der Waals surface area contributed by atoms with Crippen molar-refractivity contribution in [3.05, 3.63) is 93.9 Å². The SMILES string of the molecule is C[C@@H](C1CC1)N(Cc1ccccc1)C(=O)CN1C(=O)OC2(CCc3cc(-c4ccc(=O)[nH]c4)ccc32)C1=O. The number of amides is 3. The Hall–Kier alpha value is -4.20. The molecule has 38 heavy (non-hydrogen) atoms. The van der Waals surface area contributed by atoms with Crippen molar-refractivity contribution in [2.24, 2.45) is 5.92 Å². The molecule has 1 spiro atoms. The molecule has 2 fully saturated rings. The van der Waals surface area contributed by atoms with Gasteiger partial charge in [-0.15, -0.1) is 0 Å². The number of aryl methyl sites for hydroxylation is 1. The Bertz CT molecular complexity index is 1460. The zero-order chi connectivity index (χ0) is 26.4. The first kappa shape index (κ1) is 24.2. The number of ether oxygens (including phenoxy) is 1. The van der Waals surface area contributed by atoms with Crippen LogP contribution in [-0.4, -0.2) is 45.3 Å². The molecule has 6 rings (SSSR count). The van der Waals surface area contributed by atoms with Crippen LogP contribution in [0.2, 0.25) is 0 Å². The van der Waals surface area contributed by atoms with E-state index in [1.54, 1.807) is 17.2 Å². The van der Waals surface area contributed by atoms with Gasteiger partial charge < -0.3 is 14.6 Å². The molecule has 1 N–H and O–H groups in total. The number of benzene rings is 2. The molecule has 1 saturated carbocycles. The van der Waals surface area contributed by atoms with Crippen LogP contribution >= 0.6 is 0 Å². The van der Waals surface area contributed by atoms with Crippen LogP contribution in [0.3, 0.4) is 0 Å².